The van der Waals surface area contributed by atoms with Gasteiger partial charge in [-0.15, -0.1) is 0 Å². The van der Waals surface area contributed by atoms with Crippen LogP contribution in [0.5, 0.6) is 0 Å². The standard InChI is InChI=1S/C19H23N3O/c1-15(23)22-12-10-21(11-13-22)14-16-2-4-17(5-3-16)18-6-8-19(20)9-7-18/h2-9H,10-14,20H2,1H3. The molecule has 0 spiro atoms. The molecule has 1 heterocycles. The van der Waals surface area contributed by atoms with E-state index in [0.29, 0.717) is 0 Å². The van der Waals surface area contributed by atoms with Crippen LogP contribution in [-0.2, 0) is 11.3 Å². The van der Waals surface area contributed by atoms with E-state index < -0.39 is 0 Å². The molecule has 0 bridgehead atoms. The number of rotatable bonds is 3. The van der Waals surface area contributed by atoms with Crippen LogP contribution >= 0.6 is 0 Å². The van der Waals surface area contributed by atoms with Crippen molar-refractivity contribution in [2.24, 2.45) is 0 Å². The molecule has 1 saturated heterocycles. The summed E-state index contributed by atoms with van der Waals surface area (Å²) in [6.07, 6.45) is 0. The molecule has 2 aromatic carbocycles. The molecule has 0 aromatic heterocycles. The maximum absolute atomic E-state index is 11.4. The second-order valence-corrected chi connectivity index (χ2v) is 6.10. The molecule has 2 N–H and O–H groups in total. The molecule has 0 unspecified atom stereocenters. The summed E-state index contributed by atoms with van der Waals surface area (Å²) in [6, 6.07) is 16.6. The summed E-state index contributed by atoms with van der Waals surface area (Å²) in [5.41, 5.74) is 10.2. The van der Waals surface area contributed by atoms with E-state index in [-0.39, 0.29) is 5.91 Å². The lowest BCUT2D eigenvalue weighted by atomic mass is 10.0. The second kappa shape index (κ2) is 6.84. The van der Waals surface area contributed by atoms with Crippen LogP contribution in [0.1, 0.15) is 12.5 Å². The number of anilines is 1. The quantitative estimate of drug-likeness (QED) is 0.887. The van der Waals surface area contributed by atoms with E-state index in [1.807, 2.05) is 29.2 Å². The molecular weight excluding hydrogens is 286 g/mol. The smallest absolute Gasteiger partial charge is 0.219 e. The minimum atomic E-state index is 0.178. The zero-order chi connectivity index (χ0) is 16.2. The van der Waals surface area contributed by atoms with Crippen molar-refractivity contribution >= 4 is 11.6 Å². The summed E-state index contributed by atoms with van der Waals surface area (Å²) >= 11 is 0. The molecule has 1 amide bonds. The number of carbonyl (C=O) groups excluding carboxylic acids is 1. The molecule has 0 radical (unpaired) electrons. The normalized spacial score (nSPS) is 15.6. The number of carbonyl (C=O) groups is 1. The maximum Gasteiger partial charge on any atom is 0.219 e. The molecule has 4 heteroatoms. The Morgan fingerprint density at radius 3 is 1.96 bits per heavy atom. The van der Waals surface area contributed by atoms with Crippen molar-refractivity contribution in [1.82, 2.24) is 9.80 Å². The van der Waals surface area contributed by atoms with Gasteiger partial charge < -0.3 is 10.6 Å². The first-order chi connectivity index (χ1) is 11.1. The number of nitrogen functional groups attached to an aromatic ring is 1. The van der Waals surface area contributed by atoms with E-state index in [1.54, 1.807) is 6.92 Å². The lowest BCUT2D eigenvalue weighted by Crippen LogP contribution is -2.47. The van der Waals surface area contributed by atoms with Crippen LogP contribution in [0.2, 0.25) is 0 Å². The van der Waals surface area contributed by atoms with Crippen molar-refractivity contribution in [3.8, 4) is 11.1 Å². The summed E-state index contributed by atoms with van der Waals surface area (Å²) < 4.78 is 0. The van der Waals surface area contributed by atoms with Gasteiger partial charge in [0.2, 0.25) is 5.91 Å². The van der Waals surface area contributed by atoms with Gasteiger partial charge >= 0.3 is 0 Å². The Kier molecular flexibility index (Phi) is 4.63. The van der Waals surface area contributed by atoms with E-state index >= 15 is 0 Å². The third-order valence-corrected chi connectivity index (χ3v) is 4.42. The van der Waals surface area contributed by atoms with Gasteiger partial charge in [0.05, 0.1) is 0 Å². The van der Waals surface area contributed by atoms with E-state index in [0.717, 1.165) is 38.4 Å². The molecular formula is C19H23N3O. The van der Waals surface area contributed by atoms with Gasteiger partial charge in [0.25, 0.3) is 0 Å². The Bertz CT molecular complexity index is 656. The van der Waals surface area contributed by atoms with Crippen LogP contribution < -0.4 is 5.73 Å². The second-order valence-electron chi connectivity index (χ2n) is 6.10. The minimum Gasteiger partial charge on any atom is -0.399 e. The van der Waals surface area contributed by atoms with Crippen LogP contribution in [-0.4, -0.2) is 41.9 Å². The van der Waals surface area contributed by atoms with Crippen molar-refractivity contribution in [1.29, 1.82) is 0 Å². The number of hydrogen-bond donors (Lipinski definition) is 1. The predicted octanol–water partition coefficient (Wildman–Crippen LogP) is 2.60. The monoisotopic (exact) mass is 309 g/mol. The minimum absolute atomic E-state index is 0.178. The fourth-order valence-electron chi connectivity index (χ4n) is 2.96. The largest absolute Gasteiger partial charge is 0.399 e. The Morgan fingerprint density at radius 1 is 0.913 bits per heavy atom. The molecule has 0 atom stereocenters. The van der Waals surface area contributed by atoms with Gasteiger partial charge in [-0.25, -0.2) is 0 Å². The number of nitrogens with two attached hydrogens (primary N) is 1. The lowest BCUT2D eigenvalue weighted by molar-refractivity contribution is -0.130. The Balaban J connectivity index is 1.60. The van der Waals surface area contributed by atoms with Crippen LogP contribution in [0.4, 0.5) is 5.69 Å². The SMILES string of the molecule is CC(=O)N1CCN(Cc2ccc(-c3ccc(N)cc3)cc2)CC1. The average molecular weight is 309 g/mol. The van der Waals surface area contributed by atoms with Crippen LogP contribution in [0, 0.1) is 0 Å². The van der Waals surface area contributed by atoms with Crippen LogP contribution in [0.15, 0.2) is 48.5 Å². The first kappa shape index (κ1) is 15.6. The molecule has 1 fully saturated rings. The van der Waals surface area contributed by atoms with Crippen molar-refractivity contribution in [2.45, 2.75) is 13.5 Å². The molecule has 4 nitrogen and oxygen atoms in total. The Hall–Kier alpha value is -2.33. The van der Waals surface area contributed by atoms with Gasteiger partial charge in [-0.3, -0.25) is 9.69 Å². The third kappa shape index (κ3) is 3.90. The van der Waals surface area contributed by atoms with Gasteiger partial charge in [-0.1, -0.05) is 36.4 Å². The topological polar surface area (TPSA) is 49.6 Å². The summed E-state index contributed by atoms with van der Waals surface area (Å²) in [5.74, 6) is 0.178. The van der Waals surface area contributed by atoms with Crippen LogP contribution in [0.25, 0.3) is 11.1 Å². The molecule has 2 aromatic rings. The number of hydrogen-bond acceptors (Lipinski definition) is 3. The number of nitrogens with zero attached hydrogens (tertiary/aromatic N) is 2. The Labute approximate surface area is 137 Å². The molecule has 1 aliphatic rings. The van der Waals surface area contributed by atoms with E-state index in [9.17, 15) is 4.79 Å². The predicted molar refractivity (Wildman–Crippen MR) is 93.8 cm³/mol. The highest BCUT2D eigenvalue weighted by Crippen LogP contribution is 2.21. The summed E-state index contributed by atoms with van der Waals surface area (Å²) in [4.78, 5) is 15.7. The lowest BCUT2D eigenvalue weighted by Gasteiger charge is -2.34. The van der Waals surface area contributed by atoms with Crippen molar-refractivity contribution in [3.63, 3.8) is 0 Å². The first-order valence-corrected chi connectivity index (χ1v) is 8.04. The number of amides is 1. The summed E-state index contributed by atoms with van der Waals surface area (Å²) in [7, 11) is 0. The fourth-order valence-corrected chi connectivity index (χ4v) is 2.96. The van der Waals surface area contributed by atoms with Gasteiger partial charge in [-0.05, 0) is 28.8 Å². The molecule has 23 heavy (non-hydrogen) atoms. The maximum atomic E-state index is 11.4. The Morgan fingerprint density at radius 2 is 1.43 bits per heavy atom. The number of piperazine rings is 1. The molecule has 120 valence electrons. The van der Waals surface area contributed by atoms with Crippen LogP contribution in [0.3, 0.4) is 0 Å². The molecule has 0 saturated carbocycles. The van der Waals surface area contributed by atoms with Crippen molar-refractivity contribution < 1.29 is 4.79 Å². The third-order valence-electron chi connectivity index (χ3n) is 4.42. The zero-order valence-corrected chi connectivity index (χ0v) is 13.5. The van der Waals surface area contributed by atoms with E-state index in [2.05, 4.69) is 29.2 Å². The average Bonchev–Trinajstić information content (AvgIpc) is 2.57. The molecule has 3 rings (SSSR count). The highest BCUT2D eigenvalue weighted by Gasteiger charge is 2.18. The van der Waals surface area contributed by atoms with Gasteiger partial charge in [0, 0.05) is 45.3 Å². The highest BCUT2D eigenvalue weighted by atomic mass is 16.2. The number of benzene rings is 2. The van der Waals surface area contributed by atoms with E-state index in [1.165, 1.54) is 16.7 Å². The van der Waals surface area contributed by atoms with Gasteiger partial charge in [0.15, 0.2) is 0 Å². The van der Waals surface area contributed by atoms with Gasteiger partial charge in [0.1, 0.15) is 0 Å². The van der Waals surface area contributed by atoms with Crippen molar-refractivity contribution in [2.75, 3.05) is 31.9 Å². The molecule has 0 aliphatic carbocycles. The zero-order valence-electron chi connectivity index (χ0n) is 13.5. The summed E-state index contributed by atoms with van der Waals surface area (Å²) in [6.45, 7) is 6.13. The van der Waals surface area contributed by atoms with Gasteiger partial charge in [-0.2, -0.15) is 0 Å². The summed E-state index contributed by atoms with van der Waals surface area (Å²) in [5, 5.41) is 0. The highest BCUT2D eigenvalue weighted by molar-refractivity contribution is 5.73. The first-order valence-electron chi connectivity index (χ1n) is 8.04. The van der Waals surface area contributed by atoms with Crippen molar-refractivity contribution in [3.05, 3.63) is 54.1 Å². The molecule has 1 aliphatic heterocycles. The fraction of sp³-hybridized carbons (Fsp3) is 0.316. The van der Waals surface area contributed by atoms with E-state index in [4.69, 9.17) is 5.73 Å².